The van der Waals surface area contributed by atoms with E-state index in [1.807, 2.05) is 18.2 Å². The third-order valence-corrected chi connectivity index (χ3v) is 2.08. The minimum atomic E-state index is 0.735. The highest BCUT2D eigenvalue weighted by atomic mass is 79.9. The molecule has 0 unspecified atom stereocenters. The summed E-state index contributed by atoms with van der Waals surface area (Å²) in [5.74, 6) is 0. The highest BCUT2D eigenvalue weighted by Crippen LogP contribution is 2.05. The minimum absolute atomic E-state index is 0.735. The molecule has 0 spiro atoms. The van der Waals surface area contributed by atoms with Gasteiger partial charge in [-0.3, -0.25) is 0 Å². The molecule has 0 atom stereocenters. The van der Waals surface area contributed by atoms with E-state index in [4.69, 9.17) is 5.73 Å². The van der Waals surface area contributed by atoms with E-state index in [1.54, 1.807) is 0 Å². The average Bonchev–Trinajstić information content (AvgIpc) is 2.13. The van der Waals surface area contributed by atoms with Crippen molar-refractivity contribution in [1.29, 1.82) is 0 Å². The van der Waals surface area contributed by atoms with Crippen molar-refractivity contribution in [2.24, 2.45) is 5.73 Å². The van der Waals surface area contributed by atoms with Gasteiger partial charge in [0.1, 0.15) is 4.60 Å². The summed E-state index contributed by atoms with van der Waals surface area (Å²) in [6.45, 7) is 2.49. The van der Waals surface area contributed by atoms with E-state index in [0.717, 1.165) is 36.4 Å². The first-order valence-electron chi connectivity index (χ1n) is 4.35. The summed E-state index contributed by atoms with van der Waals surface area (Å²) in [6, 6.07) is 5.90. The van der Waals surface area contributed by atoms with Gasteiger partial charge in [0.05, 0.1) is 5.69 Å². The van der Waals surface area contributed by atoms with Crippen LogP contribution in [0.4, 0.5) is 0 Å². The first-order valence-corrected chi connectivity index (χ1v) is 5.14. The summed E-state index contributed by atoms with van der Waals surface area (Å²) in [4.78, 5) is 4.29. The van der Waals surface area contributed by atoms with Gasteiger partial charge >= 0.3 is 0 Å². The van der Waals surface area contributed by atoms with Crippen LogP contribution >= 0.6 is 15.9 Å². The largest absolute Gasteiger partial charge is 0.330 e. The third-order valence-electron chi connectivity index (χ3n) is 1.64. The number of aromatic nitrogens is 1. The number of halogens is 1. The van der Waals surface area contributed by atoms with Crippen molar-refractivity contribution in [3.8, 4) is 0 Å². The second kappa shape index (κ2) is 6.07. The van der Waals surface area contributed by atoms with Gasteiger partial charge in [-0.1, -0.05) is 6.07 Å². The molecule has 0 aliphatic heterocycles. The maximum absolute atomic E-state index is 5.37. The van der Waals surface area contributed by atoms with Gasteiger partial charge in [0.25, 0.3) is 0 Å². The molecule has 1 heterocycles. The molecular weight excluding hydrogens is 230 g/mol. The number of pyridine rings is 1. The van der Waals surface area contributed by atoms with Crippen LogP contribution in [0.2, 0.25) is 0 Å². The zero-order chi connectivity index (χ0) is 9.52. The fraction of sp³-hybridized carbons (Fsp3) is 0.444. The highest BCUT2D eigenvalue weighted by Gasteiger charge is 1.93. The number of hydrogen-bond donors (Lipinski definition) is 2. The minimum Gasteiger partial charge on any atom is -0.330 e. The maximum Gasteiger partial charge on any atom is 0.106 e. The third kappa shape index (κ3) is 4.36. The van der Waals surface area contributed by atoms with E-state index < -0.39 is 0 Å². The van der Waals surface area contributed by atoms with Crippen molar-refractivity contribution in [2.45, 2.75) is 13.0 Å². The van der Waals surface area contributed by atoms with E-state index >= 15 is 0 Å². The van der Waals surface area contributed by atoms with Gasteiger partial charge < -0.3 is 11.1 Å². The number of nitrogens with two attached hydrogens (primary N) is 1. The first kappa shape index (κ1) is 10.6. The highest BCUT2D eigenvalue weighted by molar-refractivity contribution is 9.10. The van der Waals surface area contributed by atoms with Crippen molar-refractivity contribution in [3.63, 3.8) is 0 Å². The lowest BCUT2D eigenvalue weighted by Gasteiger charge is -2.02. The quantitative estimate of drug-likeness (QED) is 0.606. The second-order valence-electron chi connectivity index (χ2n) is 2.77. The molecule has 1 aromatic rings. The first-order chi connectivity index (χ1) is 6.33. The molecule has 0 bridgehead atoms. The van der Waals surface area contributed by atoms with Gasteiger partial charge in [0.2, 0.25) is 0 Å². The van der Waals surface area contributed by atoms with Crippen LogP contribution in [0.3, 0.4) is 0 Å². The molecular formula is C9H14BrN3. The summed E-state index contributed by atoms with van der Waals surface area (Å²) < 4.78 is 0.880. The number of rotatable bonds is 5. The van der Waals surface area contributed by atoms with Gasteiger partial charge in [0, 0.05) is 6.54 Å². The SMILES string of the molecule is NCCCNCc1cccc(Br)n1. The zero-order valence-electron chi connectivity index (χ0n) is 7.46. The molecule has 1 aromatic heterocycles. The molecule has 0 fully saturated rings. The lowest BCUT2D eigenvalue weighted by Crippen LogP contribution is -2.18. The van der Waals surface area contributed by atoms with Crippen LogP contribution in [-0.4, -0.2) is 18.1 Å². The fourth-order valence-corrected chi connectivity index (χ4v) is 1.37. The smallest absolute Gasteiger partial charge is 0.106 e. The van der Waals surface area contributed by atoms with E-state index in [9.17, 15) is 0 Å². The molecule has 0 aliphatic carbocycles. The zero-order valence-corrected chi connectivity index (χ0v) is 9.05. The molecule has 0 radical (unpaired) electrons. The summed E-state index contributed by atoms with van der Waals surface area (Å²) in [6.07, 6.45) is 1.01. The predicted molar refractivity (Wildman–Crippen MR) is 57.3 cm³/mol. The summed E-state index contributed by atoms with van der Waals surface area (Å²) >= 11 is 3.33. The summed E-state index contributed by atoms with van der Waals surface area (Å²) in [7, 11) is 0. The van der Waals surface area contributed by atoms with Crippen molar-refractivity contribution < 1.29 is 0 Å². The molecule has 3 N–H and O–H groups in total. The fourth-order valence-electron chi connectivity index (χ4n) is 0.992. The van der Waals surface area contributed by atoms with E-state index in [2.05, 4.69) is 26.2 Å². The average molecular weight is 244 g/mol. The van der Waals surface area contributed by atoms with Gasteiger partial charge in [-0.2, -0.15) is 0 Å². The Morgan fingerprint density at radius 1 is 1.46 bits per heavy atom. The van der Waals surface area contributed by atoms with Crippen LogP contribution in [-0.2, 0) is 6.54 Å². The molecule has 0 saturated heterocycles. The van der Waals surface area contributed by atoms with Crippen molar-refractivity contribution in [2.75, 3.05) is 13.1 Å². The van der Waals surface area contributed by atoms with Crippen molar-refractivity contribution in [1.82, 2.24) is 10.3 Å². The Labute approximate surface area is 86.9 Å². The summed E-state index contributed by atoms with van der Waals surface area (Å²) in [5, 5.41) is 3.27. The van der Waals surface area contributed by atoms with Crippen molar-refractivity contribution in [3.05, 3.63) is 28.5 Å². The van der Waals surface area contributed by atoms with Crippen LogP contribution in [0.5, 0.6) is 0 Å². The Morgan fingerprint density at radius 2 is 2.31 bits per heavy atom. The second-order valence-corrected chi connectivity index (χ2v) is 3.58. The van der Waals surface area contributed by atoms with Crippen molar-refractivity contribution >= 4 is 15.9 Å². The molecule has 72 valence electrons. The number of hydrogen-bond acceptors (Lipinski definition) is 3. The van der Waals surface area contributed by atoms with Gasteiger partial charge in [-0.05, 0) is 47.6 Å². The van der Waals surface area contributed by atoms with Gasteiger partial charge in [0.15, 0.2) is 0 Å². The molecule has 4 heteroatoms. The van der Waals surface area contributed by atoms with E-state index in [1.165, 1.54) is 0 Å². The van der Waals surface area contributed by atoms with Crippen LogP contribution in [0.15, 0.2) is 22.8 Å². The molecule has 0 saturated carbocycles. The standard InChI is InChI=1S/C9H14BrN3/c10-9-4-1-3-8(13-9)7-12-6-2-5-11/h1,3-4,12H,2,5-7,11H2. The van der Waals surface area contributed by atoms with E-state index in [0.29, 0.717) is 0 Å². The normalized spacial score (nSPS) is 10.3. The molecule has 1 rings (SSSR count). The Balaban J connectivity index is 2.28. The topological polar surface area (TPSA) is 50.9 Å². The lowest BCUT2D eigenvalue weighted by molar-refractivity contribution is 0.645. The molecule has 0 aromatic carbocycles. The summed E-state index contributed by atoms with van der Waals surface area (Å²) in [5.41, 5.74) is 6.42. The van der Waals surface area contributed by atoms with Crippen LogP contribution in [0, 0.1) is 0 Å². The Bertz CT molecular complexity index is 252. The lowest BCUT2D eigenvalue weighted by atomic mass is 10.3. The van der Waals surface area contributed by atoms with Crippen LogP contribution < -0.4 is 11.1 Å². The van der Waals surface area contributed by atoms with Crippen LogP contribution in [0.1, 0.15) is 12.1 Å². The monoisotopic (exact) mass is 243 g/mol. The predicted octanol–water partition coefficient (Wildman–Crippen LogP) is 1.28. The molecule has 0 aliphatic rings. The van der Waals surface area contributed by atoms with Gasteiger partial charge in [-0.25, -0.2) is 4.98 Å². The Kier molecular flexibility index (Phi) is 4.97. The molecule has 13 heavy (non-hydrogen) atoms. The Morgan fingerprint density at radius 3 is 3.00 bits per heavy atom. The molecule has 0 amide bonds. The number of nitrogens with one attached hydrogen (secondary N) is 1. The van der Waals surface area contributed by atoms with E-state index in [-0.39, 0.29) is 0 Å². The Hall–Kier alpha value is -0.450. The van der Waals surface area contributed by atoms with Crippen LogP contribution in [0.25, 0.3) is 0 Å². The van der Waals surface area contributed by atoms with Gasteiger partial charge in [-0.15, -0.1) is 0 Å². The number of nitrogens with zero attached hydrogens (tertiary/aromatic N) is 1. The maximum atomic E-state index is 5.37. The molecule has 3 nitrogen and oxygen atoms in total.